The summed E-state index contributed by atoms with van der Waals surface area (Å²) in [5.41, 5.74) is 4.41. The summed E-state index contributed by atoms with van der Waals surface area (Å²) in [4.78, 5) is 26.1. The summed E-state index contributed by atoms with van der Waals surface area (Å²) in [6.07, 6.45) is 3.99. The van der Waals surface area contributed by atoms with E-state index in [1.807, 2.05) is 72.8 Å². The van der Waals surface area contributed by atoms with Gasteiger partial charge in [0.25, 0.3) is 0 Å². The van der Waals surface area contributed by atoms with Crippen LogP contribution >= 0.6 is 0 Å². The number of carbonyl (C=O) groups excluding carboxylic acids is 1. The Morgan fingerprint density at radius 2 is 1.56 bits per heavy atom. The van der Waals surface area contributed by atoms with E-state index >= 15 is 0 Å². The normalized spacial score (nSPS) is 15.6. The van der Waals surface area contributed by atoms with Gasteiger partial charge in [-0.15, -0.1) is 10.2 Å². The van der Waals surface area contributed by atoms with Gasteiger partial charge >= 0.3 is 0 Å². The van der Waals surface area contributed by atoms with Crippen molar-refractivity contribution in [2.75, 3.05) is 41.3 Å². The first-order valence-electron chi connectivity index (χ1n) is 12.4. The maximum absolute atomic E-state index is 12.9. The van der Waals surface area contributed by atoms with Gasteiger partial charge in [0.2, 0.25) is 5.91 Å². The summed E-state index contributed by atoms with van der Waals surface area (Å²) in [6.45, 7) is 3.33. The van der Waals surface area contributed by atoms with Gasteiger partial charge in [-0.05, 0) is 37.1 Å². The quantitative estimate of drug-likeness (QED) is 0.444. The zero-order valence-electron chi connectivity index (χ0n) is 19.9. The number of nitrogens with one attached hydrogen (secondary N) is 1. The molecule has 180 valence electrons. The number of amides is 1. The van der Waals surface area contributed by atoms with E-state index < -0.39 is 0 Å². The Hall–Kier alpha value is -4.33. The molecule has 0 radical (unpaired) electrons. The lowest BCUT2D eigenvalue weighted by Crippen LogP contribution is -2.52. The van der Waals surface area contributed by atoms with Crippen LogP contribution in [0.25, 0.3) is 22.5 Å². The summed E-state index contributed by atoms with van der Waals surface area (Å²) in [7, 11) is 0. The number of nitrogens with zero attached hydrogens (tertiary/aromatic N) is 6. The van der Waals surface area contributed by atoms with Crippen molar-refractivity contribution in [1.82, 2.24) is 20.2 Å². The third-order valence-electron chi connectivity index (χ3n) is 6.80. The predicted molar refractivity (Wildman–Crippen MR) is 141 cm³/mol. The van der Waals surface area contributed by atoms with Gasteiger partial charge in [-0.2, -0.15) is 0 Å². The minimum Gasteiger partial charge on any atom is -0.355 e. The first-order chi connectivity index (χ1) is 17.7. The molecule has 2 aromatic carbocycles. The molecular formula is C28H27N7O. The maximum atomic E-state index is 12.9. The minimum absolute atomic E-state index is 0.0104. The van der Waals surface area contributed by atoms with Crippen molar-refractivity contribution in [3.63, 3.8) is 0 Å². The highest BCUT2D eigenvalue weighted by Crippen LogP contribution is 2.28. The predicted octanol–water partition coefficient (Wildman–Crippen LogP) is 4.28. The number of hydrogen-bond acceptors (Lipinski definition) is 7. The molecule has 1 amide bonds. The van der Waals surface area contributed by atoms with Crippen molar-refractivity contribution in [2.24, 2.45) is 5.92 Å². The Bertz CT molecular complexity index is 1350. The SMILES string of the molecule is O=C(Nc1cccc(-c2ccc(N3CCCC3)nn2)c1)C1CN(c2cc(-c3ccccc3)ncn2)C1. The average Bonchev–Trinajstić information content (AvgIpc) is 3.44. The molecule has 2 aliphatic heterocycles. The number of aromatic nitrogens is 4. The summed E-state index contributed by atoms with van der Waals surface area (Å²) >= 11 is 0. The third kappa shape index (κ3) is 4.62. The Balaban J connectivity index is 1.07. The van der Waals surface area contributed by atoms with Crippen LogP contribution in [0.3, 0.4) is 0 Å². The lowest BCUT2D eigenvalue weighted by molar-refractivity contribution is -0.120. The molecule has 0 atom stereocenters. The maximum Gasteiger partial charge on any atom is 0.231 e. The van der Waals surface area contributed by atoms with Crippen molar-refractivity contribution < 1.29 is 4.79 Å². The van der Waals surface area contributed by atoms with Gasteiger partial charge in [-0.25, -0.2) is 9.97 Å². The van der Waals surface area contributed by atoms with Gasteiger partial charge in [-0.1, -0.05) is 42.5 Å². The zero-order chi connectivity index (χ0) is 24.3. The van der Waals surface area contributed by atoms with Crippen molar-refractivity contribution in [3.05, 3.63) is 79.1 Å². The fourth-order valence-electron chi connectivity index (χ4n) is 4.71. The molecule has 0 saturated carbocycles. The van der Waals surface area contributed by atoms with E-state index in [4.69, 9.17) is 0 Å². The van der Waals surface area contributed by atoms with Crippen molar-refractivity contribution in [2.45, 2.75) is 12.8 Å². The molecule has 1 N–H and O–H groups in total. The molecule has 0 unspecified atom stereocenters. The molecule has 2 aromatic heterocycles. The number of carbonyl (C=O) groups is 1. The number of benzene rings is 2. The van der Waals surface area contributed by atoms with Crippen molar-refractivity contribution in [1.29, 1.82) is 0 Å². The van der Waals surface area contributed by atoms with Gasteiger partial charge in [-0.3, -0.25) is 4.79 Å². The molecule has 8 heteroatoms. The molecule has 0 aliphatic carbocycles. The minimum atomic E-state index is -0.0941. The van der Waals surface area contributed by atoms with Gasteiger partial charge < -0.3 is 15.1 Å². The van der Waals surface area contributed by atoms with Gasteiger partial charge in [0.05, 0.1) is 17.3 Å². The Morgan fingerprint density at radius 3 is 2.33 bits per heavy atom. The van der Waals surface area contributed by atoms with Gasteiger partial charge in [0.15, 0.2) is 5.82 Å². The smallest absolute Gasteiger partial charge is 0.231 e. The molecule has 2 saturated heterocycles. The lowest BCUT2D eigenvalue weighted by atomic mass is 9.98. The monoisotopic (exact) mass is 477 g/mol. The molecule has 36 heavy (non-hydrogen) atoms. The van der Waals surface area contributed by atoms with E-state index in [9.17, 15) is 4.79 Å². The molecule has 2 aliphatic rings. The molecule has 8 nitrogen and oxygen atoms in total. The Morgan fingerprint density at radius 1 is 0.750 bits per heavy atom. The summed E-state index contributed by atoms with van der Waals surface area (Å²) in [5, 5.41) is 11.9. The largest absolute Gasteiger partial charge is 0.355 e. The zero-order valence-corrected chi connectivity index (χ0v) is 19.9. The molecule has 4 heterocycles. The van der Waals surface area contributed by atoms with Crippen LogP contribution < -0.4 is 15.1 Å². The van der Waals surface area contributed by atoms with E-state index in [2.05, 4.69) is 35.3 Å². The highest BCUT2D eigenvalue weighted by atomic mass is 16.2. The topological polar surface area (TPSA) is 87.1 Å². The van der Waals surface area contributed by atoms with Crippen LogP contribution in [-0.2, 0) is 4.79 Å². The standard InChI is InChI=1S/C28H27N7O/c36-28(22-17-35(18-22)27-16-25(29-19-30-27)20-7-2-1-3-8-20)31-23-10-6-9-21(15-23)24-11-12-26(33-32-24)34-13-4-5-14-34/h1-3,6-12,15-16,19,22H,4-5,13-14,17-18H2,(H,31,36). The van der Waals surface area contributed by atoms with E-state index in [0.717, 1.165) is 52.9 Å². The molecule has 0 spiro atoms. The Kier molecular flexibility index (Phi) is 5.99. The molecule has 2 fully saturated rings. The first kappa shape index (κ1) is 22.2. The van der Waals surface area contributed by atoms with Crippen LogP contribution in [-0.4, -0.2) is 52.3 Å². The first-order valence-corrected chi connectivity index (χ1v) is 12.4. The van der Waals surface area contributed by atoms with E-state index in [-0.39, 0.29) is 11.8 Å². The number of hydrogen-bond donors (Lipinski definition) is 1. The van der Waals surface area contributed by atoms with Gasteiger partial charge in [0.1, 0.15) is 12.1 Å². The van der Waals surface area contributed by atoms with E-state index in [1.54, 1.807) is 6.33 Å². The second kappa shape index (κ2) is 9.73. The summed E-state index contributed by atoms with van der Waals surface area (Å²) in [5.74, 6) is 1.68. The Labute approximate surface area is 210 Å². The van der Waals surface area contributed by atoms with Crippen LogP contribution in [0.15, 0.2) is 79.1 Å². The molecule has 0 bridgehead atoms. The highest BCUT2D eigenvalue weighted by Gasteiger charge is 2.33. The van der Waals surface area contributed by atoms with Crippen LogP contribution in [0, 0.1) is 5.92 Å². The fourth-order valence-corrected chi connectivity index (χ4v) is 4.71. The fraction of sp³-hybridized carbons (Fsp3) is 0.250. The number of anilines is 3. The second-order valence-corrected chi connectivity index (χ2v) is 9.27. The lowest BCUT2D eigenvalue weighted by Gasteiger charge is -2.39. The molecule has 4 aromatic rings. The third-order valence-corrected chi connectivity index (χ3v) is 6.80. The van der Waals surface area contributed by atoms with Crippen LogP contribution in [0.1, 0.15) is 12.8 Å². The molecular weight excluding hydrogens is 450 g/mol. The van der Waals surface area contributed by atoms with Crippen molar-refractivity contribution in [3.8, 4) is 22.5 Å². The highest BCUT2D eigenvalue weighted by molar-refractivity contribution is 5.95. The summed E-state index contributed by atoms with van der Waals surface area (Å²) in [6, 6.07) is 23.8. The van der Waals surface area contributed by atoms with E-state index in [1.165, 1.54) is 12.8 Å². The van der Waals surface area contributed by atoms with Gasteiger partial charge in [0, 0.05) is 49.1 Å². The van der Waals surface area contributed by atoms with Crippen molar-refractivity contribution >= 4 is 23.2 Å². The second-order valence-electron chi connectivity index (χ2n) is 9.27. The van der Waals surface area contributed by atoms with E-state index in [0.29, 0.717) is 13.1 Å². The molecule has 6 rings (SSSR count). The van der Waals surface area contributed by atoms with Crippen LogP contribution in [0.5, 0.6) is 0 Å². The number of rotatable bonds is 6. The van der Waals surface area contributed by atoms with Crippen LogP contribution in [0.2, 0.25) is 0 Å². The average molecular weight is 478 g/mol. The van der Waals surface area contributed by atoms with Crippen LogP contribution in [0.4, 0.5) is 17.3 Å². The summed E-state index contributed by atoms with van der Waals surface area (Å²) < 4.78 is 0.